The van der Waals surface area contributed by atoms with E-state index in [1.807, 2.05) is 6.07 Å². The maximum Gasteiger partial charge on any atom is 0.374 e. The van der Waals surface area contributed by atoms with Gasteiger partial charge in [0.05, 0.1) is 23.7 Å². The number of furan rings is 1. The Labute approximate surface area is 137 Å². The van der Waals surface area contributed by atoms with Crippen molar-refractivity contribution in [1.82, 2.24) is 4.98 Å². The molecule has 24 heavy (non-hydrogen) atoms. The van der Waals surface area contributed by atoms with Crippen LogP contribution in [0, 0.1) is 0 Å². The van der Waals surface area contributed by atoms with Crippen LogP contribution in [0.25, 0.3) is 11.1 Å². The number of aromatic nitrogens is 1. The Morgan fingerprint density at radius 1 is 1.29 bits per heavy atom. The van der Waals surface area contributed by atoms with E-state index in [1.165, 1.54) is 0 Å². The van der Waals surface area contributed by atoms with Crippen LogP contribution in [0.1, 0.15) is 20.9 Å². The molecule has 2 heterocycles. The summed E-state index contributed by atoms with van der Waals surface area (Å²) in [5, 5.41) is 12.3. The van der Waals surface area contributed by atoms with E-state index in [2.05, 4.69) is 10.3 Å². The number of ether oxygens (including phenoxy) is 1. The van der Waals surface area contributed by atoms with Crippen molar-refractivity contribution in [2.75, 3.05) is 19.5 Å². The van der Waals surface area contributed by atoms with Gasteiger partial charge in [0, 0.05) is 13.2 Å². The zero-order valence-electron chi connectivity index (χ0n) is 13.1. The van der Waals surface area contributed by atoms with Crippen molar-refractivity contribution < 1.29 is 23.8 Å². The number of hydrogen-bond acceptors (Lipinski definition) is 6. The minimum Gasteiger partial charge on any atom is -0.496 e. The van der Waals surface area contributed by atoms with Gasteiger partial charge in [-0.2, -0.15) is 0 Å². The number of rotatable bonds is 4. The van der Waals surface area contributed by atoms with Crippen molar-refractivity contribution in [2.24, 2.45) is 0 Å². The highest BCUT2D eigenvalue weighted by Crippen LogP contribution is 2.28. The molecule has 0 aliphatic carbocycles. The van der Waals surface area contributed by atoms with Crippen LogP contribution in [0.5, 0.6) is 5.75 Å². The molecule has 124 valence electrons. The first-order valence-electron chi connectivity index (χ1n) is 6.99. The fourth-order valence-corrected chi connectivity index (χ4v) is 2.10. The predicted molar refractivity (Wildman–Crippen MR) is 88.9 cm³/mol. The van der Waals surface area contributed by atoms with Gasteiger partial charge in [-0.05, 0) is 24.3 Å². The minimum atomic E-state index is -1.10. The van der Waals surface area contributed by atoms with E-state index >= 15 is 0 Å². The van der Waals surface area contributed by atoms with Crippen molar-refractivity contribution in [3.63, 3.8) is 0 Å². The normalized spacial score (nSPS) is 9.75. The molecule has 0 aliphatic rings. The number of fused-ring (bicyclic) bond motifs is 1. The summed E-state index contributed by atoms with van der Waals surface area (Å²) < 4.78 is 9.98. The molecule has 0 unspecified atom stereocenters. The number of nitrogens with one attached hydrogen (secondary N) is 1. The Balaban J connectivity index is 0.000000185. The maximum atomic E-state index is 10.8. The highest BCUT2D eigenvalue weighted by Gasteiger charge is 2.18. The van der Waals surface area contributed by atoms with Crippen LogP contribution in [0.2, 0.25) is 0 Å². The van der Waals surface area contributed by atoms with Crippen molar-refractivity contribution >= 4 is 29.0 Å². The fraction of sp³-hybridized carbons (Fsp3) is 0.118. The molecule has 3 aromatic rings. The lowest BCUT2D eigenvalue weighted by molar-refractivity contribution is 0.0666. The van der Waals surface area contributed by atoms with Gasteiger partial charge in [0.15, 0.2) is 6.29 Å². The highest BCUT2D eigenvalue weighted by molar-refractivity contribution is 6.02. The third-order valence-electron chi connectivity index (χ3n) is 3.18. The summed E-state index contributed by atoms with van der Waals surface area (Å²) in [5.41, 5.74) is 1.37. The number of methoxy groups -OCH3 is 1. The lowest BCUT2D eigenvalue weighted by atomic mass is 10.2. The Hall–Kier alpha value is -3.35. The molecule has 2 N–H and O–H groups in total. The first kappa shape index (κ1) is 17.0. The van der Waals surface area contributed by atoms with Crippen LogP contribution in [-0.4, -0.2) is 36.5 Å². The van der Waals surface area contributed by atoms with Gasteiger partial charge < -0.3 is 19.6 Å². The highest BCUT2D eigenvalue weighted by atomic mass is 16.5. The van der Waals surface area contributed by atoms with Gasteiger partial charge in [-0.3, -0.25) is 4.79 Å². The SMILES string of the molecule is CNc1c(C(=O)O)oc2ncccc12.COc1ccccc1C=O. The molecule has 1 aromatic carbocycles. The Morgan fingerprint density at radius 2 is 2.04 bits per heavy atom. The number of para-hydroxylation sites is 1. The van der Waals surface area contributed by atoms with E-state index < -0.39 is 5.97 Å². The fourth-order valence-electron chi connectivity index (χ4n) is 2.10. The first-order chi connectivity index (χ1) is 11.6. The molecule has 3 rings (SSSR count). The Morgan fingerprint density at radius 3 is 2.62 bits per heavy atom. The molecule has 2 aromatic heterocycles. The van der Waals surface area contributed by atoms with Crippen LogP contribution in [-0.2, 0) is 0 Å². The number of carbonyl (C=O) groups excluding carboxylic acids is 1. The molecule has 0 saturated heterocycles. The number of carboxylic acids is 1. The average Bonchev–Trinajstić information content (AvgIpc) is 3.01. The molecule has 7 heteroatoms. The van der Waals surface area contributed by atoms with E-state index in [-0.39, 0.29) is 5.76 Å². The van der Waals surface area contributed by atoms with Crippen LogP contribution < -0.4 is 10.1 Å². The summed E-state index contributed by atoms with van der Waals surface area (Å²) in [6, 6.07) is 10.6. The second-order valence-electron chi connectivity index (χ2n) is 4.58. The molecule has 7 nitrogen and oxygen atoms in total. The third-order valence-corrected chi connectivity index (χ3v) is 3.18. The maximum absolute atomic E-state index is 10.8. The molecule has 0 bridgehead atoms. The molecule has 0 amide bonds. The largest absolute Gasteiger partial charge is 0.496 e. The van der Waals surface area contributed by atoms with E-state index in [0.29, 0.717) is 28.1 Å². The van der Waals surface area contributed by atoms with Crippen molar-refractivity contribution in [1.29, 1.82) is 0 Å². The second-order valence-corrected chi connectivity index (χ2v) is 4.58. The van der Waals surface area contributed by atoms with Crippen molar-refractivity contribution in [3.8, 4) is 5.75 Å². The van der Waals surface area contributed by atoms with Crippen molar-refractivity contribution in [2.45, 2.75) is 0 Å². The summed E-state index contributed by atoms with van der Waals surface area (Å²) in [5.74, 6) is -0.592. The standard InChI is InChI=1S/C9H8N2O3.C8H8O2/c1-10-6-5-3-2-4-11-8(5)14-7(6)9(12)13;1-10-8-5-3-2-4-7(8)6-9/h2-4,10H,1H3,(H,12,13);2-6H,1H3. The first-order valence-corrected chi connectivity index (χ1v) is 6.99. The molecule has 0 fully saturated rings. The number of pyridine rings is 1. The lowest BCUT2D eigenvalue weighted by Gasteiger charge is -1.99. The molecule has 0 spiro atoms. The summed E-state index contributed by atoms with van der Waals surface area (Å²) in [7, 11) is 3.19. The van der Waals surface area contributed by atoms with Crippen molar-refractivity contribution in [3.05, 3.63) is 53.9 Å². The van der Waals surface area contributed by atoms with E-state index in [9.17, 15) is 9.59 Å². The molecule has 0 atom stereocenters. The summed E-state index contributed by atoms with van der Waals surface area (Å²) in [6.45, 7) is 0. The number of aromatic carboxylic acids is 1. The second kappa shape index (κ2) is 7.77. The van der Waals surface area contributed by atoms with Gasteiger partial charge >= 0.3 is 5.97 Å². The number of hydrogen-bond donors (Lipinski definition) is 2. The van der Waals surface area contributed by atoms with Crippen LogP contribution in [0.3, 0.4) is 0 Å². The topological polar surface area (TPSA) is 102 Å². The lowest BCUT2D eigenvalue weighted by Crippen LogP contribution is -1.98. The third kappa shape index (κ3) is 3.52. The summed E-state index contributed by atoms with van der Waals surface area (Å²) >= 11 is 0. The van der Waals surface area contributed by atoms with Crippen LogP contribution >= 0.6 is 0 Å². The van der Waals surface area contributed by atoms with Gasteiger partial charge in [-0.25, -0.2) is 9.78 Å². The number of anilines is 1. The Bertz CT molecular complexity index is 857. The van der Waals surface area contributed by atoms with Gasteiger partial charge in [-0.1, -0.05) is 12.1 Å². The van der Waals surface area contributed by atoms with Gasteiger partial charge in [0.2, 0.25) is 11.5 Å². The minimum absolute atomic E-state index is 0.110. The molecular formula is C17H16N2O5. The quantitative estimate of drug-likeness (QED) is 0.710. The number of carbonyl (C=O) groups is 2. The van der Waals surface area contributed by atoms with Gasteiger partial charge in [-0.15, -0.1) is 0 Å². The average molecular weight is 328 g/mol. The summed E-state index contributed by atoms with van der Waals surface area (Å²) in [4.78, 5) is 25.0. The smallest absolute Gasteiger partial charge is 0.374 e. The number of aldehydes is 1. The zero-order chi connectivity index (χ0) is 17.5. The zero-order valence-corrected chi connectivity index (χ0v) is 13.1. The van der Waals surface area contributed by atoms with E-state index in [4.69, 9.17) is 14.3 Å². The predicted octanol–water partition coefficient (Wildman–Crippen LogP) is 3.08. The Kier molecular flexibility index (Phi) is 5.51. The molecule has 0 radical (unpaired) electrons. The molecule has 0 saturated carbocycles. The number of benzene rings is 1. The van der Waals surface area contributed by atoms with Crippen LogP contribution in [0.4, 0.5) is 5.69 Å². The van der Waals surface area contributed by atoms with E-state index in [1.54, 1.807) is 50.7 Å². The van der Waals surface area contributed by atoms with Gasteiger partial charge in [0.25, 0.3) is 0 Å². The molecular weight excluding hydrogens is 312 g/mol. The number of carboxylic acid groups (broad SMARTS) is 1. The van der Waals surface area contributed by atoms with E-state index in [0.717, 1.165) is 6.29 Å². The van der Waals surface area contributed by atoms with Gasteiger partial charge in [0.1, 0.15) is 5.75 Å². The number of nitrogens with zero attached hydrogens (tertiary/aromatic N) is 1. The summed E-state index contributed by atoms with van der Waals surface area (Å²) in [6.07, 6.45) is 2.33. The monoisotopic (exact) mass is 328 g/mol. The molecule has 0 aliphatic heterocycles. The van der Waals surface area contributed by atoms with Crippen LogP contribution in [0.15, 0.2) is 47.0 Å².